The Morgan fingerprint density at radius 2 is 2.20 bits per heavy atom. The van der Waals surface area contributed by atoms with Gasteiger partial charge in [0.1, 0.15) is 5.82 Å². The number of hydrogen-bond donors (Lipinski definition) is 1. The Morgan fingerprint density at radius 3 is 2.80 bits per heavy atom. The van der Waals surface area contributed by atoms with E-state index in [-0.39, 0.29) is 16.8 Å². The number of carbonyl (C=O) groups is 1. The van der Waals surface area contributed by atoms with Gasteiger partial charge in [0.15, 0.2) is 0 Å². The molecule has 0 aromatic heterocycles. The van der Waals surface area contributed by atoms with Crippen molar-refractivity contribution < 1.29 is 9.18 Å². The highest BCUT2D eigenvalue weighted by Crippen LogP contribution is 2.22. The summed E-state index contributed by atoms with van der Waals surface area (Å²) in [5.74, 6) is 2.03. The van der Waals surface area contributed by atoms with Crippen LogP contribution in [0.3, 0.4) is 0 Å². The van der Waals surface area contributed by atoms with Gasteiger partial charge in [-0.15, -0.1) is 6.42 Å². The molecule has 1 heterocycles. The first kappa shape index (κ1) is 14.8. The molecule has 0 spiro atoms. The average Bonchev–Trinajstić information content (AvgIpc) is 2.44. The molecule has 1 aliphatic heterocycles. The third kappa shape index (κ3) is 3.72. The molecule has 3 nitrogen and oxygen atoms in total. The number of terminal acetylenes is 1. The van der Waals surface area contributed by atoms with Gasteiger partial charge in [0.2, 0.25) is 5.91 Å². The topological polar surface area (TPSA) is 32.3 Å². The number of carbonyl (C=O) groups excluding carboxylic acids is 1. The van der Waals surface area contributed by atoms with E-state index in [1.165, 1.54) is 18.2 Å². The smallest absolute Gasteiger partial charge is 0.227 e. The molecule has 0 unspecified atom stereocenters. The third-order valence-electron chi connectivity index (χ3n) is 3.46. The van der Waals surface area contributed by atoms with Gasteiger partial charge in [-0.3, -0.25) is 9.69 Å². The maximum absolute atomic E-state index is 13.0. The standard InChI is InChI=1S/C15H16ClFN2O/c1-2-7-19-8-5-11(6-9-19)15(20)18-12-3-4-14(17)13(16)10-12/h1,3-4,10-11H,5-9H2,(H,18,20). The molecule has 0 saturated carbocycles. The van der Waals surface area contributed by atoms with Crippen LogP contribution >= 0.6 is 11.6 Å². The van der Waals surface area contributed by atoms with Crippen molar-refractivity contribution in [2.75, 3.05) is 25.0 Å². The molecule has 1 aromatic carbocycles. The van der Waals surface area contributed by atoms with E-state index < -0.39 is 5.82 Å². The second-order valence-corrected chi connectivity index (χ2v) is 5.28. The molecule has 106 valence electrons. The maximum atomic E-state index is 13.0. The Balaban J connectivity index is 1.89. The number of amides is 1. The Morgan fingerprint density at radius 1 is 1.50 bits per heavy atom. The Bertz CT molecular complexity index is 533. The summed E-state index contributed by atoms with van der Waals surface area (Å²) in [7, 11) is 0. The second kappa shape index (κ2) is 6.74. The van der Waals surface area contributed by atoms with Crippen molar-refractivity contribution in [3.05, 3.63) is 29.0 Å². The molecule has 1 aromatic rings. The van der Waals surface area contributed by atoms with E-state index in [9.17, 15) is 9.18 Å². The van der Waals surface area contributed by atoms with E-state index in [2.05, 4.69) is 16.1 Å². The minimum atomic E-state index is -0.493. The van der Waals surface area contributed by atoms with Crippen LogP contribution in [0.4, 0.5) is 10.1 Å². The SMILES string of the molecule is C#CCN1CCC(C(=O)Nc2ccc(F)c(Cl)c2)CC1. The average molecular weight is 295 g/mol. The summed E-state index contributed by atoms with van der Waals surface area (Å²) in [6.45, 7) is 2.28. The Hall–Kier alpha value is -1.57. The van der Waals surface area contributed by atoms with Crippen LogP contribution in [0.15, 0.2) is 18.2 Å². The number of hydrogen-bond acceptors (Lipinski definition) is 2. The van der Waals surface area contributed by atoms with Crippen molar-refractivity contribution in [1.82, 2.24) is 4.90 Å². The van der Waals surface area contributed by atoms with Crippen LogP contribution in [-0.2, 0) is 4.79 Å². The van der Waals surface area contributed by atoms with Crippen LogP contribution in [0.5, 0.6) is 0 Å². The Labute approximate surface area is 123 Å². The van der Waals surface area contributed by atoms with Crippen LogP contribution in [0.25, 0.3) is 0 Å². The van der Waals surface area contributed by atoms with Crippen molar-refractivity contribution in [2.45, 2.75) is 12.8 Å². The quantitative estimate of drug-likeness (QED) is 0.870. The molecular formula is C15H16ClFN2O. The third-order valence-corrected chi connectivity index (χ3v) is 3.75. The number of nitrogens with one attached hydrogen (secondary N) is 1. The normalized spacial score (nSPS) is 16.6. The predicted octanol–water partition coefficient (Wildman–Crippen LogP) is 2.76. The number of likely N-dealkylation sites (tertiary alicyclic amines) is 1. The van der Waals surface area contributed by atoms with Gasteiger partial charge in [-0.05, 0) is 44.1 Å². The van der Waals surface area contributed by atoms with E-state index in [0.717, 1.165) is 25.9 Å². The summed E-state index contributed by atoms with van der Waals surface area (Å²) in [6.07, 6.45) is 6.83. The van der Waals surface area contributed by atoms with Crippen molar-refractivity contribution in [1.29, 1.82) is 0 Å². The van der Waals surface area contributed by atoms with Gasteiger partial charge >= 0.3 is 0 Å². The van der Waals surface area contributed by atoms with Gasteiger partial charge in [-0.1, -0.05) is 17.5 Å². The molecule has 20 heavy (non-hydrogen) atoms. The molecule has 0 radical (unpaired) electrons. The van der Waals surface area contributed by atoms with Crippen molar-refractivity contribution in [3.63, 3.8) is 0 Å². The lowest BCUT2D eigenvalue weighted by atomic mass is 9.96. The highest BCUT2D eigenvalue weighted by molar-refractivity contribution is 6.31. The lowest BCUT2D eigenvalue weighted by Gasteiger charge is -2.29. The highest BCUT2D eigenvalue weighted by atomic mass is 35.5. The van der Waals surface area contributed by atoms with E-state index in [0.29, 0.717) is 12.2 Å². The number of nitrogens with zero attached hydrogens (tertiary/aromatic N) is 1. The fourth-order valence-corrected chi connectivity index (χ4v) is 2.48. The molecular weight excluding hydrogens is 279 g/mol. The predicted molar refractivity (Wildman–Crippen MR) is 78.0 cm³/mol. The Kier molecular flexibility index (Phi) is 4.99. The molecule has 0 aliphatic carbocycles. The molecule has 1 saturated heterocycles. The minimum absolute atomic E-state index is 0.00615. The zero-order valence-electron chi connectivity index (χ0n) is 11.0. The van der Waals surface area contributed by atoms with Gasteiger partial charge in [0.05, 0.1) is 11.6 Å². The number of benzene rings is 1. The van der Waals surface area contributed by atoms with Crippen LogP contribution in [0, 0.1) is 24.1 Å². The van der Waals surface area contributed by atoms with Crippen LogP contribution < -0.4 is 5.32 Å². The van der Waals surface area contributed by atoms with Crippen molar-refractivity contribution in [2.24, 2.45) is 5.92 Å². The molecule has 5 heteroatoms. The number of halogens is 2. The largest absolute Gasteiger partial charge is 0.326 e. The summed E-state index contributed by atoms with van der Waals surface area (Å²) in [4.78, 5) is 14.3. The zero-order valence-corrected chi connectivity index (χ0v) is 11.8. The minimum Gasteiger partial charge on any atom is -0.326 e. The first-order chi connectivity index (χ1) is 9.60. The van der Waals surface area contributed by atoms with Crippen LogP contribution in [-0.4, -0.2) is 30.4 Å². The summed E-state index contributed by atoms with van der Waals surface area (Å²) in [5, 5.41) is 2.78. The first-order valence-corrected chi connectivity index (χ1v) is 6.89. The molecule has 0 bridgehead atoms. The molecule has 0 atom stereocenters. The van der Waals surface area contributed by atoms with E-state index in [1.54, 1.807) is 0 Å². The van der Waals surface area contributed by atoms with Gasteiger partial charge in [-0.25, -0.2) is 4.39 Å². The molecule has 1 amide bonds. The first-order valence-electron chi connectivity index (χ1n) is 6.52. The summed E-state index contributed by atoms with van der Waals surface area (Å²) in [5.41, 5.74) is 0.521. The summed E-state index contributed by atoms with van der Waals surface area (Å²) < 4.78 is 13.0. The fourth-order valence-electron chi connectivity index (χ4n) is 2.30. The molecule has 1 fully saturated rings. The zero-order chi connectivity index (χ0) is 14.5. The van der Waals surface area contributed by atoms with E-state index in [4.69, 9.17) is 18.0 Å². The highest BCUT2D eigenvalue weighted by Gasteiger charge is 2.24. The number of anilines is 1. The summed E-state index contributed by atoms with van der Waals surface area (Å²) in [6, 6.07) is 4.17. The van der Waals surface area contributed by atoms with Crippen LogP contribution in [0.2, 0.25) is 5.02 Å². The second-order valence-electron chi connectivity index (χ2n) is 4.87. The van der Waals surface area contributed by atoms with Crippen molar-refractivity contribution in [3.8, 4) is 12.3 Å². The molecule has 1 N–H and O–H groups in total. The van der Waals surface area contributed by atoms with Gasteiger partial charge < -0.3 is 5.32 Å². The lowest BCUT2D eigenvalue weighted by molar-refractivity contribution is -0.121. The molecule has 1 aliphatic rings. The van der Waals surface area contributed by atoms with E-state index >= 15 is 0 Å². The van der Waals surface area contributed by atoms with Gasteiger partial charge in [-0.2, -0.15) is 0 Å². The lowest BCUT2D eigenvalue weighted by Crippen LogP contribution is -2.38. The van der Waals surface area contributed by atoms with Crippen molar-refractivity contribution >= 4 is 23.2 Å². The van der Waals surface area contributed by atoms with Crippen LogP contribution in [0.1, 0.15) is 12.8 Å². The monoisotopic (exact) mass is 294 g/mol. The number of piperidine rings is 1. The van der Waals surface area contributed by atoms with Gasteiger partial charge in [0.25, 0.3) is 0 Å². The molecule has 2 rings (SSSR count). The summed E-state index contributed by atoms with van der Waals surface area (Å²) >= 11 is 5.69. The maximum Gasteiger partial charge on any atom is 0.227 e. The fraction of sp³-hybridized carbons (Fsp3) is 0.400. The number of rotatable bonds is 3. The van der Waals surface area contributed by atoms with E-state index in [1.807, 2.05) is 0 Å². The van der Waals surface area contributed by atoms with Gasteiger partial charge in [0, 0.05) is 11.6 Å².